The molecule has 2 aromatic rings. The number of hydrogen-bond acceptors (Lipinski definition) is 4. The number of carbonyl (C=O) groups excluding carboxylic acids is 1. The summed E-state index contributed by atoms with van der Waals surface area (Å²) in [5.74, 6) is -0.391. The Morgan fingerprint density at radius 3 is 2.48 bits per heavy atom. The summed E-state index contributed by atoms with van der Waals surface area (Å²) < 4.78 is 5.36. The molecule has 8 heteroatoms. The molecule has 142 valence electrons. The highest BCUT2D eigenvalue weighted by atomic mass is 35.5. The number of thiocarbonyl (C=S) groups is 1. The number of halogens is 2. The second-order valence-electron chi connectivity index (χ2n) is 6.12. The number of carbonyl (C=O) groups is 1. The van der Waals surface area contributed by atoms with Crippen molar-refractivity contribution in [2.45, 2.75) is 6.54 Å². The maximum absolute atomic E-state index is 12.3. The lowest BCUT2D eigenvalue weighted by Gasteiger charge is -2.26. The molecule has 2 aromatic carbocycles. The van der Waals surface area contributed by atoms with Crippen LogP contribution in [0.3, 0.4) is 0 Å². The maximum Gasteiger partial charge on any atom is 0.258 e. The fraction of sp³-hybridized carbons (Fsp3) is 0.263. The van der Waals surface area contributed by atoms with Gasteiger partial charge in [0.2, 0.25) is 0 Å². The normalized spacial score (nSPS) is 14.6. The lowest BCUT2D eigenvalue weighted by molar-refractivity contribution is 0.0342. The topological polar surface area (TPSA) is 53.6 Å². The van der Waals surface area contributed by atoms with Crippen LogP contribution in [0.5, 0.6) is 0 Å². The molecule has 0 aromatic heterocycles. The molecule has 1 aliphatic rings. The zero-order valence-electron chi connectivity index (χ0n) is 14.5. The van der Waals surface area contributed by atoms with Gasteiger partial charge in [0.15, 0.2) is 5.11 Å². The third-order valence-electron chi connectivity index (χ3n) is 4.12. The Bertz CT molecular complexity index is 824. The van der Waals surface area contributed by atoms with E-state index in [0.717, 1.165) is 38.5 Å². The molecule has 3 rings (SSSR count). The number of nitrogens with zero attached hydrogens (tertiary/aromatic N) is 1. The summed E-state index contributed by atoms with van der Waals surface area (Å²) in [5, 5.41) is 6.56. The Kier molecular flexibility index (Phi) is 7.04. The van der Waals surface area contributed by atoms with E-state index >= 15 is 0 Å². The van der Waals surface area contributed by atoms with E-state index in [9.17, 15) is 4.79 Å². The Hall–Kier alpha value is -1.70. The Morgan fingerprint density at radius 1 is 1.11 bits per heavy atom. The van der Waals surface area contributed by atoms with Crippen LogP contribution in [-0.4, -0.2) is 42.2 Å². The largest absolute Gasteiger partial charge is 0.379 e. The van der Waals surface area contributed by atoms with Crippen LogP contribution >= 0.6 is 35.4 Å². The van der Waals surface area contributed by atoms with Crippen LogP contribution < -0.4 is 10.6 Å². The predicted molar refractivity (Wildman–Crippen MR) is 113 cm³/mol. The molecule has 0 bridgehead atoms. The molecule has 27 heavy (non-hydrogen) atoms. The molecule has 0 spiro atoms. The van der Waals surface area contributed by atoms with Crippen molar-refractivity contribution < 1.29 is 9.53 Å². The second-order valence-corrected chi connectivity index (χ2v) is 7.37. The fourth-order valence-electron chi connectivity index (χ4n) is 2.72. The monoisotopic (exact) mass is 423 g/mol. The molecule has 0 saturated carbocycles. The lowest BCUT2D eigenvalue weighted by atomic mass is 10.2. The average molecular weight is 424 g/mol. The van der Waals surface area contributed by atoms with Crippen molar-refractivity contribution in [3.8, 4) is 0 Å². The highest BCUT2D eigenvalue weighted by Crippen LogP contribution is 2.21. The lowest BCUT2D eigenvalue weighted by Crippen LogP contribution is -2.35. The van der Waals surface area contributed by atoms with E-state index in [1.54, 1.807) is 12.1 Å². The van der Waals surface area contributed by atoms with Crippen molar-refractivity contribution in [3.63, 3.8) is 0 Å². The minimum Gasteiger partial charge on any atom is -0.379 e. The quantitative estimate of drug-likeness (QED) is 0.728. The number of hydrogen-bond donors (Lipinski definition) is 2. The van der Waals surface area contributed by atoms with Crippen LogP contribution in [0.2, 0.25) is 10.0 Å². The summed E-state index contributed by atoms with van der Waals surface area (Å²) in [6.07, 6.45) is 0. The highest BCUT2D eigenvalue weighted by Gasteiger charge is 2.13. The van der Waals surface area contributed by atoms with Gasteiger partial charge < -0.3 is 10.1 Å². The Balaban J connectivity index is 1.53. The smallest absolute Gasteiger partial charge is 0.258 e. The van der Waals surface area contributed by atoms with Crippen molar-refractivity contribution in [3.05, 3.63) is 63.6 Å². The summed E-state index contributed by atoms with van der Waals surface area (Å²) in [6, 6.07) is 12.6. The summed E-state index contributed by atoms with van der Waals surface area (Å²) in [7, 11) is 0. The van der Waals surface area contributed by atoms with E-state index in [2.05, 4.69) is 15.5 Å². The highest BCUT2D eigenvalue weighted by molar-refractivity contribution is 7.80. The van der Waals surface area contributed by atoms with Gasteiger partial charge in [-0.3, -0.25) is 15.0 Å². The number of amides is 1. The van der Waals surface area contributed by atoms with Crippen molar-refractivity contribution in [1.82, 2.24) is 10.2 Å². The molecule has 5 nitrogen and oxygen atoms in total. The first-order valence-electron chi connectivity index (χ1n) is 8.48. The van der Waals surface area contributed by atoms with Gasteiger partial charge >= 0.3 is 0 Å². The number of ether oxygens (including phenoxy) is 1. The standard InChI is InChI=1S/C19H19Cl2N3O2S/c20-14-3-6-16(17(21)11-14)18(25)23-19(27)22-15-4-1-13(2-5-15)12-24-7-9-26-10-8-24/h1-6,11H,7-10,12H2,(H2,22,23,25,27). The Labute approximate surface area is 173 Å². The molecule has 2 N–H and O–H groups in total. The average Bonchev–Trinajstić information content (AvgIpc) is 2.64. The molecular formula is C19H19Cl2N3O2S. The van der Waals surface area contributed by atoms with Gasteiger partial charge in [-0.05, 0) is 48.1 Å². The van der Waals surface area contributed by atoms with Gasteiger partial charge in [-0.25, -0.2) is 0 Å². The van der Waals surface area contributed by atoms with Crippen molar-refractivity contribution >= 4 is 52.1 Å². The van der Waals surface area contributed by atoms with E-state index in [1.807, 2.05) is 24.3 Å². The van der Waals surface area contributed by atoms with Gasteiger partial charge in [0.1, 0.15) is 0 Å². The summed E-state index contributed by atoms with van der Waals surface area (Å²) in [6.45, 7) is 4.35. The van der Waals surface area contributed by atoms with Gasteiger partial charge in [0, 0.05) is 30.3 Å². The van der Waals surface area contributed by atoms with Crippen molar-refractivity contribution in [2.24, 2.45) is 0 Å². The van der Waals surface area contributed by atoms with Gasteiger partial charge in [-0.2, -0.15) is 0 Å². The van der Waals surface area contributed by atoms with Gasteiger partial charge in [0.25, 0.3) is 5.91 Å². The van der Waals surface area contributed by atoms with Crippen LogP contribution in [0.15, 0.2) is 42.5 Å². The number of rotatable bonds is 4. The fourth-order valence-corrected chi connectivity index (χ4v) is 3.42. The third kappa shape index (κ3) is 5.89. The molecule has 0 atom stereocenters. The van der Waals surface area contributed by atoms with Crippen LogP contribution in [-0.2, 0) is 11.3 Å². The minimum atomic E-state index is -0.391. The molecule has 1 aliphatic heterocycles. The number of benzene rings is 2. The second kappa shape index (κ2) is 9.48. The summed E-state index contributed by atoms with van der Waals surface area (Å²) in [4.78, 5) is 14.6. The van der Waals surface area contributed by atoms with Crippen LogP contribution in [0, 0.1) is 0 Å². The molecule has 0 unspecified atom stereocenters. The van der Waals surface area contributed by atoms with E-state index in [4.69, 9.17) is 40.2 Å². The SMILES string of the molecule is O=C(NC(=S)Nc1ccc(CN2CCOCC2)cc1)c1ccc(Cl)cc1Cl. The van der Waals surface area contributed by atoms with Crippen molar-refractivity contribution in [1.29, 1.82) is 0 Å². The summed E-state index contributed by atoms with van der Waals surface area (Å²) >= 11 is 17.1. The number of anilines is 1. The first-order chi connectivity index (χ1) is 13.0. The van der Waals surface area contributed by atoms with Crippen LogP contribution in [0.1, 0.15) is 15.9 Å². The predicted octanol–water partition coefficient (Wildman–Crippen LogP) is 3.95. The minimum absolute atomic E-state index is 0.201. The molecule has 1 saturated heterocycles. The van der Waals surface area contributed by atoms with Gasteiger partial charge in [-0.15, -0.1) is 0 Å². The molecule has 1 fully saturated rings. The number of nitrogens with one attached hydrogen (secondary N) is 2. The van der Waals surface area contributed by atoms with E-state index in [1.165, 1.54) is 11.6 Å². The summed E-state index contributed by atoms with van der Waals surface area (Å²) in [5.41, 5.74) is 2.32. The number of morpholine rings is 1. The van der Waals surface area contributed by atoms with Crippen LogP contribution in [0.4, 0.5) is 5.69 Å². The molecule has 0 radical (unpaired) electrons. The van der Waals surface area contributed by atoms with Gasteiger partial charge in [0.05, 0.1) is 23.8 Å². The molecule has 1 amide bonds. The third-order valence-corrected chi connectivity index (χ3v) is 4.88. The zero-order valence-corrected chi connectivity index (χ0v) is 16.8. The van der Waals surface area contributed by atoms with Crippen molar-refractivity contribution in [2.75, 3.05) is 31.6 Å². The maximum atomic E-state index is 12.3. The molecular weight excluding hydrogens is 405 g/mol. The van der Waals surface area contributed by atoms with E-state index < -0.39 is 5.91 Å². The first-order valence-corrected chi connectivity index (χ1v) is 9.64. The Morgan fingerprint density at radius 2 is 1.81 bits per heavy atom. The van der Waals surface area contributed by atoms with E-state index in [-0.39, 0.29) is 10.1 Å². The van der Waals surface area contributed by atoms with E-state index in [0.29, 0.717) is 10.6 Å². The first kappa shape index (κ1) is 20.0. The molecule has 0 aliphatic carbocycles. The molecule has 1 heterocycles. The van der Waals surface area contributed by atoms with Crippen LogP contribution in [0.25, 0.3) is 0 Å². The zero-order chi connectivity index (χ0) is 19.2. The van der Waals surface area contributed by atoms with Gasteiger partial charge in [-0.1, -0.05) is 35.3 Å².